The molecular weight excluding hydrogens is 378 g/mol. The third-order valence-electron chi connectivity index (χ3n) is 6.22. The van der Waals surface area contributed by atoms with Crippen LogP contribution in [-0.2, 0) is 11.3 Å². The van der Waals surface area contributed by atoms with E-state index in [2.05, 4.69) is 51.3 Å². The van der Waals surface area contributed by atoms with Crippen molar-refractivity contribution in [2.45, 2.75) is 25.3 Å². The van der Waals surface area contributed by atoms with Crippen molar-refractivity contribution >= 4 is 11.6 Å². The van der Waals surface area contributed by atoms with E-state index in [0.717, 1.165) is 32.5 Å². The van der Waals surface area contributed by atoms with Gasteiger partial charge in [0.15, 0.2) is 11.3 Å². The molecule has 5 rings (SSSR count). The molecule has 0 bridgehead atoms. The minimum Gasteiger partial charge on any atom is -0.378 e. The number of piperidine rings is 1. The number of morpholine rings is 1. The van der Waals surface area contributed by atoms with E-state index >= 15 is 0 Å². The van der Waals surface area contributed by atoms with E-state index in [-0.39, 0.29) is 5.91 Å². The van der Waals surface area contributed by atoms with Gasteiger partial charge < -0.3 is 9.64 Å². The van der Waals surface area contributed by atoms with Gasteiger partial charge in [-0.3, -0.25) is 14.1 Å². The number of hydrogen-bond acceptors (Lipinski definition) is 5. The van der Waals surface area contributed by atoms with Gasteiger partial charge in [0.1, 0.15) is 6.33 Å². The molecule has 2 aliphatic heterocycles. The monoisotopic (exact) mass is 405 g/mol. The highest BCUT2D eigenvalue weighted by Crippen LogP contribution is 2.29. The molecule has 0 unspecified atom stereocenters. The highest BCUT2D eigenvalue weighted by atomic mass is 16.5. The Labute approximate surface area is 176 Å². The molecule has 7 nitrogen and oxygen atoms in total. The predicted molar refractivity (Wildman–Crippen MR) is 113 cm³/mol. The Bertz CT molecular complexity index is 1000. The Morgan fingerprint density at radius 3 is 2.53 bits per heavy atom. The summed E-state index contributed by atoms with van der Waals surface area (Å²) in [6, 6.07) is 12.7. The quantitative estimate of drug-likeness (QED) is 0.668. The molecule has 2 saturated heterocycles. The van der Waals surface area contributed by atoms with E-state index in [1.807, 2.05) is 15.5 Å². The van der Waals surface area contributed by atoms with Gasteiger partial charge in [0.2, 0.25) is 0 Å². The van der Waals surface area contributed by atoms with Crippen molar-refractivity contribution in [2.75, 3.05) is 39.4 Å². The van der Waals surface area contributed by atoms with Crippen molar-refractivity contribution in [3.8, 4) is 0 Å². The van der Waals surface area contributed by atoms with Crippen molar-refractivity contribution in [1.29, 1.82) is 0 Å². The summed E-state index contributed by atoms with van der Waals surface area (Å²) in [5, 5.41) is 0. The first-order chi connectivity index (χ1) is 14.8. The molecule has 0 radical (unpaired) electrons. The Hall–Kier alpha value is -2.77. The summed E-state index contributed by atoms with van der Waals surface area (Å²) in [7, 11) is 0. The molecule has 0 saturated carbocycles. The first-order valence-electron chi connectivity index (χ1n) is 10.7. The average Bonchev–Trinajstić information content (AvgIpc) is 3.25. The lowest BCUT2D eigenvalue weighted by Crippen LogP contribution is -2.41. The number of imidazole rings is 1. The van der Waals surface area contributed by atoms with Gasteiger partial charge in [-0.25, -0.2) is 9.97 Å². The van der Waals surface area contributed by atoms with Gasteiger partial charge in [-0.15, -0.1) is 0 Å². The highest BCUT2D eigenvalue weighted by molar-refractivity contribution is 5.98. The van der Waals surface area contributed by atoms with Crippen LogP contribution in [0.15, 0.2) is 48.9 Å². The Balaban J connectivity index is 1.31. The van der Waals surface area contributed by atoms with Gasteiger partial charge in [-0.1, -0.05) is 30.3 Å². The van der Waals surface area contributed by atoms with Crippen LogP contribution in [0.1, 0.15) is 40.5 Å². The lowest BCUT2D eigenvalue weighted by Gasteiger charge is -2.32. The smallest absolute Gasteiger partial charge is 0.276 e. The number of carbonyl (C=O) groups is 1. The Morgan fingerprint density at radius 2 is 1.77 bits per heavy atom. The zero-order valence-corrected chi connectivity index (χ0v) is 17.1. The van der Waals surface area contributed by atoms with Crippen molar-refractivity contribution in [2.24, 2.45) is 0 Å². The second kappa shape index (κ2) is 8.53. The summed E-state index contributed by atoms with van der Waals surface area (Å²) in [6.45, 7) is 5.52. The molecule has 2 fully saturated rings. The van der Waals surface area contributed by atoms with E-state index in [0.29, 0.717) is 43.6 Å². The normalized spacial score (nSPS) is 18.7. The topological polar surface area (TPSA) is 63.0 Å². The van der Waals surface area contributed by atoms with Gasteiger partial charge >= 0.3 is 0 Å². The van der Waals surface area contributed by atoms with Gasteiger partial charge in [-0.05, 0) is 37.6 Å². The van der Waals surface area contributed by atoms with Crippen LogP contribution in [0.4, 0.5) is 0 Å². The van der Waals surface area contributed by atoms with Crippen LogP contribution < -0.4 is 0 Å². The summed E-state index contributed by atoms with van der Waals surface area (Å²) < 4.78 is 7.38. The Morgan fingerprint density at radius 1 is 1.00 bits per heavy atom. The zero-order valence-electron chi connectivity index (χ0n) is 17.1. The van der Waals surface area contributed by atoms with Gasteiger partial charge in [0, 0.05) is 37.4 Å². The van der Waals surface area contributed by atoms with E-state index in [1.54, 1.807) is 6.33 Å². The van der Waals surface area contributed by atoms with E-state index in [1.165, 1.54) is 11.3 Å². The van der Waals surface area contributed by atoms with Crippen LogP contribution in [0.25, 0.3) is 5.65 Å². The van der Waals surface area contributed by atoms with E-state index in [4.69, 9.17) is 4.74 Å². The van der Waals surface area contributed by atoms with Gasteiger partial charge in [-0.2, -0.15) is 0 Å². The number of aromatic nitrogens is 3. The van der Waals surface area contributed by atoms with Gasteiger partial charge in [0.25, 0.3) is 5.91 Å². The molecule has 1 aromatic carbocycles. The number of likely N-dealkylation sites (tertiary alicyclic amines) is 1. The lowest BCUT2D eigenvalue weighted by molar-refractivity contribution is 0.0300. The molecule has 0 atom stereocenters. The lowest BCUT2D eigenvalue weighted by atomic mass is 9.93. The van der Waals surface area contributed by atoms with Crippen molar-refractivity contribution < 1.29 is 9.53 Å². The van der Waals surface area contributed by atoms with Crippen molar-refractivity contribution in [1.82, 2.24) is 24.2 Å². The first-order valence-corrected chi connectivity index (χ1v) is 10.7. The highest BCUT2D eigenvalue weighted by Gasteiger charge is 2.26. The fourth-order valence-corrected chi connectivity index (χ4v) is 4.55. The summed E-state index contributed by atoms with van der Waals surface area (Å²) in [5.74, 6) is 0.395. The minimum atomic E-state index is -0.0527. The summed E-state index contributed by atoms with van der Waals surface area (Å²) in [5.41, 5.74) is 3.67. The molecule has 30 heavy (non-hydrogen) atoms. The summed E-state index contributed by atoms with van der Waals surface area (Å²) in [4.78, 5) is 26.2. The minimum absolute atomic E-state index is 0.0527. The van der Waals surface area contributed by atoms with Crippen molar-refractivity contribution in [3.05, 3.63) is 65.9 Å². The van der Waals surface area contributed by atoms with Crippen LogP contribution in [0.3, 0.4) is 0 Å². The number of benzene rings is 1. The largest absolute Gasteiger partial charge is 0.378 e. The maximum absolute atomic E-state index is 12.9. The van der Waals surface area contributed by atoms with Crippen LogP contribution in [0, 0.1) is 0 Å². The van der Waals surface area contributed by atoms with Crippen LogP contribution in [0.5, 0.6) is 0 Å². The molecule has 0 N–H and O–H groups in total. The first kappa shape index (κ1) is 19.2. The standard InChI is InChI=1S/C23H27N5O2/c29-23(27-12-14-30-15-13-27)21-22-24-9-6-20(28(22)17-25-21)19-7-10-26(11-8-19)16-18-4-2-1-3-5-18/h1-6,9,17,19H,7-8,10-16H2. The van der Waals surface area contributed by atoms with Crippen molar-refractivity contribution in [3.63, 3.8) is 0 Å². The maximum atomic E-state index is 12.9. The average molecular weight is 406 g/mol. The molecule has 2 aliphatic rings. The van der Waals surface area contributed by atoms with E-state index < -0.39 is 0 Å². The number of nitrogens with zero attached hydrogens (tertiary/aromatic N) is 5. The fourth-order valence-electron chi connectivity index (χ4n) is 4.55. The number of amides is 1. The van der Waals surface area contributed by atoms with E-state index in [9.17, 15) is 4.79 Å². The molecule has 3 aromatic rings. The second-order valence-corrected chi connectivity index (χ2v) is 8.10. The summed E-state index contributed by atoms with van der Waals surface area (Å²) in [6.07, 6.45) is 5.77. The maximum Gasteiger partial charge on any atom is 0.276 e. The van der Waals surface area contributed by atoms with Gasteiger partial charge in [0.05, 0.1) is 13.2 Å². The summed E-state index contributed by atoms with van der Waals surface area (Å²) >= 11 is 0. The number of hydrogen-bond donors (Lipinski definition) is 0. The van der Waals surface area contributed by atoms with Crippen LogP contribution >= 0.6 is 0 Å². The second-order valence-electron chi connectivity index (χ2n) is 8.10. The third-order valence-corrected chi connectivity index (χ3v) is 6.22. The molecular formula is C23H27N5O2. The Kier molecular flexibility index (Phi) is 5.46. The predicted octanol–water partition coefficient (Wildman–Crippen LogP) is 2.58. The third kappa shape index (κ3) is 3.82. The molecule has 2 aromatic heterocycles. The van der Waals surface area contributed by atoms with Crippen LogP contribution in [-0.4, -0.2) is 69.5 Å². The number of fused-ring (bicyclic) bond motifs is 1. The number of rotatable bonds is 4. The molecule has 4 heterocycles. The SMILES string of the molecule is O=C(c1ncn2c(C3CCN(Cc4ccccc4)CC3)ccnc12)N1CCOCC1. The molecule has 7 heteroatoms. The molecule has 156 valence electrons. The number of ether oxygens (including phenoxy) is 1. The zero-order chi connectivity index (χ0) is 20.3. The van der Waals surface area contributed by atoms with Crippen LogP contribution in [0.2, 0.25) is 0 Å². The number of carbonyl (C=O) groups excluding carboxylic acids is 1. The molecule has 0 aliphatic carbocycles. The molecule has 0 spiro atoms. The fraction of sp³-hybridized carbons (Fsp3) is 0.435. The molecule has 1 amide bonds.